The van der Waals surface area contributed by atoms with Crippen LogP contribution in [-0.4, -0.2) is 68.3 Å². The third kappa shape index (κ3) is 3.68. The highest BCUT2D eigenvalue weighted by atomic mass is 19.1. The summed E-state index contributed by atoms with van der Waals surface area (Å²) in [6.07, 6.45) is 3.37. The molecule has 4 fully saturated rings. The molecule has 1 saturated carbocycles. The van der Waals surface area contributed by atoms with Gasteiger partial charge in [-0.05, 0) is 38.1 Å². The van der Waals surface area contributed by atoms with E-state index in [0.717, 1.165) is 45.3 Å². The molecule has 0 aromatic carbocycles. The van der Waals surface area contributed by atoms with Gasteiger partial charge in [0, 0.05) is 31.7 Å². The molecule has 5 N–H and O–H groups in total. The van der Waals surface area contributed by atoms with E-state index in [0.29, 0.717) is 30.6 Å². The molecule has 6 unspecified atom stereocenters. The minimum Gasteiger partial charge on any atom is -0.375 e. The summed E-state index contributed by atoms with van der Waals surface area (Å²) in [4.78, 5) is 0. The maximum atomic E-state index is 13.9. The number of alkyl halides is 1. The van der Waals surface area contributed by atoms with Gasteiger partial charge in [-0.25, -0.2) is 15.2 Å². The van der Waals surface area contributed by atoms with Crippen LogP contribution in [0.1, 0.15) is 25.7 Å². The average Bonchev–Trinajstić information content (AvgIpc) is 3.17. The molecule has 0 aromatic rings. The summed E-state index contributed by atoms with van der Waals surface area (Å²) in [6, 6.07) is 1.27. The molecule has 3 heterocycles. The maximum Gasteiger partial charge on any atom is 0.136 e. The molecule has 0 amide bonds. The van der Waals surface area contributed by atoms with Gasteiger partial charge >= 0.3 is 0 Å². The van der Waals surface area contributed by atoms with Crippen molar-refractivity contribution >= 4 is 0 Å². The summed E-state index contributed by atoms with van der Waals surface area (Å²) in [7, 11) is 0. The SMILES string of the molecule is F[C@H]1CNCCCN2NCC(N2)C2NNC3CCC(CC32)OC1. The molecule has 0 aromatic heterocycles. The molecule has 7 atom stereocenters. The van der Waals surface area contributed by atoms with Crippen molar-refractivity contribution in [3.05, 3.63) is 0 Å². The van der Waals surface area contributed by atoms with Crippen molar-refractivity contribution in [3.8, 4) is 0 Å². The molecular formula is C15H29FN6O. The monoisotopic (exact) mass is 328 g/mol. The standard InChI is InChI=1S/C15H29FN6O/c16-10-7-17-4-1-5-22-18-8-14(21-22)15-12-6-11(23-9-10)2-3-13(12)19-20-15/h10-15,17-21H,1-9H2/t10-,11?,12?,13?,14?,15?/m0/s1. The van der Waals surface area contributed by atoms with Gasteiger partial charge in [-0.3, -0.25) is 10.9 Å². The minimum absolute atomic E-state index is 0.189. The number of ether oxygens (including phenoxy) is 1. The number of halogens is 1. The Kier molecular flexibility index (Phi) is 5.10. The van der Waals surface area contributed by atoms with Crippen LogP contribution in [0.5, 0.6) is 0 Å². The van der Waals surface area contributed by atoms with Crippen molar-refractivity contribution in [3.63, 3.8) is 0 Å². The number of hydrogen-bond donors (Lipinski definition) is 5. The highest BCUT2D eigenvalue weighted by Gasteiger charge is 2.45. The van der Waals surface area contributed by atoms with Crippen LogP contribution in [0.4, 0.5) is 4.39 Å². The normalized spacial score (nSPS) is 48.7. The second-order valence-corrected chi connectivity index (χ2v) is 7.26. The van der Waals surface area contributed by atoms with E-state index in [-0.39, 0.29) is 12.7 Å². The lowest BCUT2D eigenvalue weighted by Gasteiger charge is -2.34. The fraction of sp³-hybridized carbons (Fsp3) is 1.00. The molecule has 4 bridgehead atoms. The Morgan fingerprint density at radius 1 is 1.09 bits per heavy atom. The lowest BCUT2D eigenvalue weighted by atomic mass is 9.78. The van der Waals surface area contributed by atoms with Crippen LogP contribution in [0.25, 0.3) is 0 Å². The summed E-state index contributed by atoms with van der Waals surface area (Å²) in [5.74, 6) is 0.536. The van der Waals surface area contributed by atoms with E-state index in [4.69, 9.17) is 4.74 Å². The van der Waals surface area contributed by atoms with Gasteiger partial charge in [0.2, 0.25) is 0 Å². The van der Waals surface area contributed by atoms with Crippen LogP contribution in [-0.2, 0) is 4.74 Å². The molecule has 0 radical (unpaired) electrons. The van der Waals surface area contributed by atoms with Crippen molar-refractivity contribution in [2.45, 2.75) is 56.1 Å². The lowest BCUT2D eigenvalue weighted by Crippen LogP contribution is -2.51. The molecule has 3 saturated heterocycles. The summed E-state index contributed by atoms with van der Waals surface area (Å²) < 4.78 is 19.8. The van der Waals surface area contributed by atoms with Gasteiger partial charge in [0.1, 0.15) is 6.17 Å². The molecule has 7 nitrogen and oxygen atoms in total. The second-order valence-electron chi connectivity index (χ2n) is 7.26. The van der Waals surface area contributed by atoms with E-state index in [1.165, 1.54) is 0 Å². The predicted molar refractivity (Wildman–Crippen MR) is 84.9 cm³/mol. The average molecular weight is 328 g/mol. The largest absolute Gasteiger partial charge is 0.375 e. The van der Waals surface area contributed by atoms with Crippen molar-refractivity contribution in [1.82, 2.24) is 32.1 Å². The molecule has 1 aliphatic carbocycles. The number of hydrogen-bond acceptors (Lipinski definition) is 7. The number of hydrazine groups is 3. The van der Waals surface area contributed by atoms with Crippen molar-refractivity contribution in [2.24, 2.45) is 5.92 Å². The molecule has 4 rings (SSSR count). The Morgan fingerprint density at radius 3 is 3.00 bits per heavy atom. The fourth-order valence-corrected chi connectivity index (χ4v) is 4.37. The van der Waals surface area contributed by atoms with Gasteiger partial charge < -0.3 is 10.1 Å². The zero-order valence-electron chi connectivity index (χ0n) is 13.6. The van der Waals surface area contributed by atoms with Gasteiger partial charge in [0.15, 0.2) is 0 Å². The quantitative estimate of drug-likeness (QED) is 0.392. The molecule has 8 heteroatoms. The third-order valence-corrected chi connectivity index (χ3v) is 5.62. The first-order valence-electron chi connectivity index (χ1n) is 9.04. The van der Waals surface area contributed by atoms with E-state index >= 15 is 0 Å². The van der Waals surface area contributed by atoms with E-state index in [1.807, 2.05) is 0 Å². The molecule has 23 heavy (non-hydrogen) atoms. The lowest BCUT2D eigenvalue weighted by molar-refractivity contribution is -0.0165. The van der Waals surface area contributed by atoms with Crippen LogP contribution in [0.3, 0.4) is 0 Å². The summed E-state index contributed by atoms with van der Waals surface area (Å²) >= 11 is 0. The van der Waals surface area contributed by atoms with Gasteiger partial charge in [-0.1, -0.05) is 0 Å². The second kappa shape index (κ2) is 7.26. The van der Waals surface area contributed by atoms with Crippen LogP contribution in [0.15, 0.2) is 0 Å². The van der Waals surface area contributed by atoms with Gasteiger partial charge in [-0.15, -0.1) is 0 Å². The predicted octanol–water partition coefficient (Wildman–Crippen LogP) is -0.958. The van der Waals surface area contributed by atoms with E-state index in [1.54, 1.807) is 0 Å². The van der Waals surface area contributed by atoms with Crippen LogP contribution >= 0.6 is 0 Å². The summed E-state index contributed by atoms with van der Waals surface area (Å²) in [5.41, 5.74) is 14.0. The smallest absolute Gasteiger partial charge is 0.136 e. The van der Waals surface area contributed by atoms with E-state index < -0.39 is 6.17 Å². The molecule has 3 aliphatic heterocycles. The van der Waals surface area contributed by atoms with Crippen molar-refractivity contribution < 1.29 is 9.13 Å². The van der Waals surface area contributed by atoms with Gasteiger partial charge in [-0.2, -0.15) is 5.12 Å². The van der Waals surface area contributed by atoms with Crippen LogP contribution < -0.4 is 27.0 Å². The number of rotatable bonds is 0. The van der Waals surface area contributed by atoms with Crippen LogP contribution in [0, 0.1) is 5.92 Å². The molecule has 0 spiro atoms. The Bertz CT molecular complexity index is 402. The molecule has 4 aliphatic rings. The molecular weight excluding hydrogens is 299 g/mol. The third-order valence-electron chi connectivity index (χ3n) is 5.62. The Morgan fingerprint density at radius 2 is 2.04 bits per heavy atom. The fourth-order valence-electron chi connectivity index (χ4n) is 4.37. The summed E-state index contributed by atoms with van der Waals surface area (Å²) in [6.45, 7) is 3.27. The minimum atomic E-state index is -0.915. The highest BCUT2D eigenvalue weighted by molar-refractivity contribution is 5.02. The van der Waals surface area contributed by atoms with Gasteiger partial charge in [0.05, 0.1) is 18.8 Å². The van der Waals surface area contributed by atoms with Crippen LogP contribution in [0.2, 0.25) is 0 Å². The Hall–Kier alpha value is -0.350. The first-order valence-corrected chi connectivity index (χ1v) is 9.04. The number of fused-ring (bicyclic) bond motifs is 4. The number of nitrogens with one attached hydrogen (secondary N) is 5. The van der Waals surface area contributed by atoms with Gasteiger partial charge in [0.25, 0.3) is 0 Å². The first kappa shape index (κ1) is 16.1. The zero-order valence-corrected chi connectivity index (χ0v) is 13.6. The maximum absolute atomic E-state index is 13.9. The van der Waals surface area contributed by atoms with Crippen molar-refractivity contribution in [2.75, 3.05) is 32.8 Å². The van der Waals surface area contributed by atoms with Crippen molar-refractivity contribution in [1.29, 1.82) is 0 Å². The first-order chi connectivity index (χ1) is 11.3. The Balaban J connectivity index is 1.44. The number of nitrogens with zero attached hydrogens (tertiary/aromatic N) is 1. The highest BCUT2D eigenvalue weighted by Crippen LogP contribution is 2.33. The van der Waals surface area contributed by atoms with E-state index in [9.17, 15) is 4.39 Å². The topological polar surface area (TPSA) is 72.6 Å². The Labute approximate surface area is 137 Å². The summed E-state index contributed by atoms with van der Waals surface area (Å²) in [5, 5.41) is 5.27. The van der Waals surface area contributed by atoms with E-state index in [2.05, 4.69) is 32.1 Å². The molecule has 132 valence electrons. The zero-order chi connectivity index (χ0) is 15.6.